The van der Waals surface area contributed by atoms with Gasteiger partial charge in [-0.2, -0.15) is 0 Å². The number of hydrogen-bond acceptors (Lipinski definition) is 9. The van der Waals surface area contributed by atoms with Crippen LogP contribution < -0.4 is 4.72 Å². The summed E-state index contributed by atoms with van der Waals surface area (Å²) in [4.78, 5) is 8.28. The number of nitrogens with one attached hydrogen (secondary N) is 1. The second-order valence-corrected chi connectivity index (χ2v) is 11.6. The lowest BCUT2D eigenvalue weighted by Gasteiger charge is -2.28. The summed E-state index contributed by atoms with van der Waals surface area (Å²) in [6, 6.07) is 0.140. The molecule has 1 aliphatic heterocycles. The summed E-state index contributed by atoms with van der Waals surface area (Å²) in [7, 11) is -2.53. The topological polar surface area (TPSA) is 130 Å². The van der Waals surface area contributed by atoms with Crippen LogP contribution in [0.15, 0.2) is 12.4 Å². The zero-order chi connectivity index (χ0) is 23.9. The molecule has 2 aliphatic carbocycles. The summed E-state index contributed by atoms with van der Waals surface area (Å²) >= 11 is 5.88. The largest absolute Gasteiger partial charge is 0.376 e. The molecule has 3 aliphatic rings. The molecule has 0 aromatic carbocycles. The van der Waals surface area contributed by atoms with Gasteiger partial charge in [-0.1, -0.05) is 11.6 Å². The van der Waals surface area contributed by atoms with E-state index in [4.69, 9.17) is 25.8 Å². The summed E-state index contributed by atoms with van der Waals surface area (Å²) in [6.45, 7) is 2.90. The van der Waals surface area contributed by atoms with Crippen molar-refractivity contribution in [2.24, 2.45) is 11.8 Å². The van der Waals surface area contributed by atoms with Gasteiger partial charge in [-0.15, -0.1) is 10.2 Å². The Kier molecular flexibility index (Phi) is 6.77. The fraction of sp³-hybridized carbons (Fsp3) is 0.714. The predicted octanol–water partition coefficient (Wildman–Crippen LogP) is 2.69. The number of rotatable bonds is 10. The van der Waals surface area contributed by atoms with E-state index in [1.54, 1.807) is 6.92 Å². The van der Waals surface area contributed by atoms with Crippen LogP contribution in [0.5, 0.6) is 0 Å². The van der Waals surface area contributed by atoms with Gasteiger partial charge < -0.3 is 14.2 Å². The molecule has 1 saturated heterocycles. The number of ether oxygens (including phenoxy) is 3. The summed E-state index contributed by atoms with van der Waals surface area (Å²) in [6.07, 6.45) is 5.99. The van der Waals surface area contributed by atoms with Gasteiger partial charge in [-0.05, 0) is 44.4 Å². The van der Waals surface area contributed by atoms with Crippen LogP contribution in [0.2, 0.25) is 5.02 Å². The standard InChI is InChI=1S/C21H29ClN6O5S/c1-12(18(31-2)19-23-9-15(22)10-24-19)34(29,30)27-21-26-25-20(16-11-32-7-8-33-16)28(21)17(13-3-4-13)14-5-6-14/h9-10,12-14,16-18H,3-8,11H2,1-2H3,(H,26,27)/t12?,16-,18?/m1/s1. The van der Waals surface area contributed by atoms with Gasteiger partial charge in [0.2, 0.25) is 16.0 Å². The number of methoxy groups -OCH3 is 1. The van der Waals surface area contributed by atoms with E-state index >= 15 is 0 Å². The number of sulfonamides is 1. The quantitative estimate of drug-likeness (QED) is 0.510. The fourth-order valence-corrected chi connectivity index (χ4v) is 5.80. The van der Waals surface area contributed by atoms with Crippen molar-refractivity contribution in [1.82, 2.24) is 24.7 Å². The Morgan fingerprint density at radius 1 is 1.15 bits per heavy atom. The molecule has 2 aromatic heterocycles. The molecule has 2 unspecified atom stereocenters. The van der Waals surface area contributed by atoms with Crippen molar-refractivity contribution in [1.29, 1.82) is 0 Å². The minimum atomic E-state index is -3.95. The van der Waals surface area contributed by atoms with Crippen molar-refractivity contribution in [2.75, 3.05) is 31.7 Å². The number of hydrogen-bond donors (Lipinski definition) is 1. The minimum Gasteiger partial charge on any atom is -0.376 e. The third-order valence-electron chi connectivity index (χ3n) is 6.63. The van der Waals surface area contributed by atoms with Crippen molar-refractivity contribution in [3.8, 4) is 0 Å². The molecular weight excluding hydrogens is 484 g/mol. The fourth-order valence-electron chi connectivity index (χ4n) is 4.56. The highest BCUT2D eigenvalue weighted by Gasteiger charge is 2.46. The van der Waals surface area contributed by atoms with Gasteiger partial charge in [-0.3, -0.25) is 9.29 Å². The Balaban J connectivity index is 1.45. The van der Waals surface area contributed by atoms with Crippen LogP contribution in [-0.4, -0.2) is 65.3 Å². The predicted molar refractivity (Wildman–Crippen MR) is 123 cm³/mol. The molecule has 186 valence electrons. The van der Waals surface area contributed by atoms with Crippen LogP contribution in [-0.2, 0) is 24.2 Å². The Hall–Kier alpha value is -1.86. The van der Waals surface area contributed by atoms with Crippen molar-refractivity contribution in [3.05, 3.63) is 29.1 Å². The summed E-state index contributed by atoms with van der Waals surface area (Å²) in [5.74, 6) is 2.02. The van der Waals surface area contributed by atoms with Crippen LogP contribution in [0.4, 0.5) is 5.95 Å². The molecule has 11 nitrogen and oxygen atoms in total. The van der Waals surface area contributed by atoms with E-state index in [0.717, 1.165) is 25.7 Å². The van der Waals surface area contributed by atoms with Gasteiger partial charge in [0.25, 0.3) is 0 Å². The summed E-state index contributed by atoms with van der Waals surface area (Å²) < 4.78 is 48.5. The highest BCUT2D eigenvalue weighted by molar-refractivity contribution is 7.93. The first-order chi connectivity index (χ1) is 16.4. The molecule has 0 radical (unpaired) electrons. The first-order valence-corrected chi connectivity index (χ1v) is 13.5. The van der Waals surface area contributed by atoms with Crippen LogP contribution in [0.1, 0.15) is 62.5 Å². The van der Waals surface area contributed by atoms with Crippen molar-refractivity contribution in [3.63, 3.8) is 0 Å². The van der Waals surface area contributed by atoms with Crippen LogP contribution >= 0.6 is 11.6 Å². The van der Waals surface area contributed by atoms with Crippen LogP contribution in [0.25, 0.3) is 0 Å². The van der Waals surface area contributed by atoms with E-state index < -0.39 is 21.4 Å². The highest BCUT2D eigenvalue weighted by atomic mass is 35.5. The Bertz CT molecular complexity index is 1090. The zero-order valence-corrected chi connectivity index (χ0v) is 20.7. The van der Waals surface area contributed by atoms with E-state index in [9.17, 15) is 8.42 Å². The summed E-state index contributed by atoms with van der Waals surface area (Å²) in [5.41, 5.74) is 0. The van der Waals surface area contributed by atoms with Crippen molar-refractivity contribution < 1.29 is 22.6 Å². The van der Waals surface area contributed by atoms with Gasteiger partial charge in [-0.25, -0.2) is 18.4 Å². The number of halogens is 1. The van der Waals surface area contributed by atoms with E-state index in [1.807, 2.05) is 4.57 Å². The molecule has 3 heterocycles. The molecule has 34 heavy (non-hydrogen) atoms. The first kappa shape index (κ1) is 23.9. The molecule has 3 atom stereocenters. The number of aromatic nitrogens is 5. The van der Waals surface area contributed by atoms with Gasteiger partial charge in [0, 0.05) is 25.5 Å². The average molecular weight is 513 g/mol. The number of nitrogens with zero attached hydrogens (tertiary/aromatic N) is 5. The molecule has 2 aromatic rings. The summed E-state index contributed by atoms with van der Waals surface area (Å²) in [5, 5.41) is 7.98. The molecule has 0 amide bonds. The maximum Gasteiger partial charge on any atom is 0.240 e. The molecule has 3 fully saturated rings. The Labute approximate surface area is 203 Å². The van der Waals surface area contributed by atoms with E-state index in [-0.39, 0.29) is 23.9 Å². The molecule has 2 saturated carbocycles. The molecule has 1 N–H and O–H groups in total. The molecule has 0 bridgehead atoms. The molecule has 5 rings (SSSR count). The Morgan fingerprint density at radius 3 is 2.38 bits per heavy atom. The van der Waals surface area contributed by atoms with Crippen LogP contribution in [0.3, 0.4) is 0 Å². The van der Waals surface area contributed by atoms with E-state index in [2.05, 4.69) is 24.9 Å². The van der Waals surface area contributed by atoms with Gasteiger partial charge in [0.15, 0.2) is 11.6 Å². The van der Waals surface area contributed by atoms with E-state index in [1.165, 1.54) is 19.5 Å². The normalized spacial score (nSPS) is 23.1. The lowest BCUT2D eigenvalue weighted by Crippen LogP contribution is -2.34. The molecular formula is C21H29ClN6O5S. The second kappa shape index (κ2) is 9.65. The average Bonchev–Trinajstić information content (AvgIpc) is 3.76. The Morgan fingerprint density at radius 2 is 1.82 bits per heavy atom. The van der Waals surface area contributed by atoms with Gasteiger partial charge >= 0.3 is 0 Å². The molecule has 0 spiro atoms. The van der Waals surface area contributed by atoms with Crippen molar-refractivity contribution >= 4 is 27.6 Å². The third-order valence-corrected chi connectivity index (χ3v) is 8.52. The number of anilines is 1. The van der Waals surface area contributed by atoms with Crippen LogP contribution in [0, 0.1) is 11.8 Å². The maximum atomic E-state index is 13.5. The SMILES string of the molecule is COC(c1ncc(Cl)cn1)C(C)S(=O)(=O)Nc1nnc([C@H]2COCCO2)n1C(C1CC1)C1CC1. The van der Waals surface area contributed by atoms with Crippen molar-refractivity contribution in [2.45, 2.75) is 56.1 Å². The first-order valence-electron chi connectivity index (χ1n) is 11.5. The lowest BCUT2D eigenvalue weighted by atomic mass is 10.1. The smallest absolute Gasteiger partial charge is 0.240 e. The third kappa shape index (κ3) is 4.92. The monoisotopic (exact) mass is 512 g/mol. The molecule has 13 heteroatoms. The van der Waals surface area contributed by atoms with Gasteiger partial charge in [0.05, 0.1) is 24.8 Å². The van der Waals surface area contributed by atoms with Gasteiger partial charge in [0.1, 0.15) is 17.5 Å². The highest BCUT2D eigenvalue weighted by Crippen LogP contribution is 2.53. The zero-order valence-electron chi connectivity index (χ0n) is 19.1. The van der Waals surface area contributed by atoms with E-state index in [0.29, 0.717) is 42.5 Å². The minimum absolute atomic E-state index is 0.140. The second-order valence-electron chi connectivity index (χ2n) is 9.12. The maximum absolute atomic E-state index is 13.5. The lowest BCUT2D eigenvalue weighted by molar-refractivity contribution is -0.0953.